The Morgan fingerprint density at radius 2 is 1.83 bits per heavy atom. The molecule has 0 spiro atoms. The molecule has 5 nitrogen and oxygen atoms in total. The van der Waals surface area contributed by atoms with Gasteiger partial charge in [0, 0.05) is 23.1 Å². The van der Waals surface area contributed by atoms with E-state index < -0.39 is 0 Å². The van der Waals surface area contributed by atoms with E-state index in [0.29, 0.717) is 12.5 Å². The fourth-order valence-corrected chi connectivity index (χ4v) is 2.36. The highest BCUT2D eigenvalue weighted by Gasteiger charge is 2.08. The molecular formula is C19H21N5. The van der Waals surface area contributed by atoms with Gasteiger partial charge in [-0.2, -0.15) is 4.98 Å². The Kier molecular flexibility index (Phi) is 4.70. The zero-order valence-electron chi connectivity index (χ0n) is 14.2. The normalized spacial score (nSPS) is 10.5. The maximum Gasteiger partial charge on any atom is 0.225 e. The third-order valence-corrected chi connectivity index (χ3v) is 3.82. The molecular weight excluding hydrogens is 298 g/mol. The van der Waals surface area contributed by atoms with Crippen LogP contribution in [0.1, 0.15) is 22.5 Å². The van der Waals surface area contributed by atoms with Gasteiger partial charge >= 0.3 is 0 Å². The molecule has 0 aliphatic heterocycles. The second-order valence-electron chi connectivity index (χ2n) is 5.78. The summed E-state index contributed by atoms with van der Waals surface area (Å²) in [5.74, 6) is 1.41. The number of aromatic nitrogens is 3. The standard InChI is InChI=1S/C19H21N5/c1-13-7-6-9-16(11-13)23-18-14(2)15(3)22-19(24-18)21-12-17-8-4-5-10-20-17/h4-11H,12H2,1-3H3,(H2,21,22,23,24). The van der Waals surface area contributed by atoms with E-state index in [2.05, 4.69) is 44.6 Å². The van der Waals surface area contributed by atoms with Gasteiger partial charge in [-0.15, -0.1) is 0 Å². The van der Waals surface area contributed by atoms with E-state index in [1.54, 1.807) is 6.20 Å². The molecule has 0 fully saturated rings. The van der Waals surface area contributed by atoms with Gasteiger partial charge in [-0.1, -0.05) is 18.2 Å². The number of nitrogens with one attached hydrogen (secondary N) is 2. The minimum atomic E-state index is 0.591. The number of nitrogens with zero attached hydrogens (tertiary/aromatic N) is 3. The molecule has 3 aromatic rings. The van der Waals surface area contributed by atoms with Crippen molar-refractivity contribution in [2.45, 2.75) is 27.3 Å². The van der Waals surface area contributed by atoms with E-state index in [9.17, 15) is 0 Å². The number of anilines is 3. The van der Waals surface area contributed by atoms with Crippen molar-refractivity contribution in [1.82, 2.24) is 15.0 Å². The first kappa shape index (κ1) is 15.9. The van der Waals surface area contributed by atoms with Gasteiger partial charge in [0.05, 0.1) is 12.2 Å². The van der Waals surface area contributed by atoms with Gasteiger partial charge in [0.1, 0.15) is 5.82 Å². The largest absolute Gasteiger partial charge is 0.349 e. The van der Waals surface area contributed by atoms with E-state index in [0.717, 1.165) is 28.5 Å². The number of pyridine rings is 1. The van der Waals surface area contributed by atoms with E-state index in [1.807, 2.05) is 44.2 Å². The van der Waals surface area contributed by atoms with Crippen LogP contribution in [0.2, 0.25) is 0 Å². The molecule has 122 valence electrons. The Labute approximate surface area is 142 Å². The quantitative estimate of drug-likeness (QED) is 0.739. The van der Waals surface area contributed by atoms with Gasteiger partial charge in [0.25, 0.3) is 0 Å². The van der Waals surface area contributed by atoms with Crippen LogP contribution < -0.4 is 10.6 Å². The summed E-state index contributed by atoms with van der Waals surface area (Å²) < 4.78 is 0. The highest BCUT2D eigenvalue weighted by Crippen LogP contribution is 2.22. The van der Waals surface area contributed by atoms with Crippen LogP contribution in [-0.4, -0.2) is 15.0 Å². The molecule has 0 aliphatic carbocycles. The van der Waals surface area contributed by atoms with Gasteiger partial charge in [0.15, 0.2) is 0 Å². The van der Waals surface area contributed by atoms with Crippen molar-refractivity contribution in [3.05, 3.63) is 71.2 Å². The summed E-state index contributed by atoms with van der Waals surface area (Å²) >= 11 is 0. The second-order valence-corrected chi connectivity index (χ2v) is 5.78. The molecule has 2 N–H and O–H groups in total. The van der Waals surface area contributed by atoms with E-state index in [1.165, 1.54) is 5.56 Å². The minimum absolute atomic E-state index is 0.591. The lowest BCUT2D eigenvalue weighted by Crippen LogP contribution is -2.09. The molecule has 0 saturated heterocycles. The lowest BCUT2D eigenvalue weighted by atomic mass is 10.2. The van der Waals surface area contributed by atoms with Crippen molar-refractivity contribution in [2.24, 2.45) is 0 Å². The molecule has 2 aromatic heterocycles. The molecule has 0 radical (unpaired) electrons. The van der Waals surface area contributed by atoms with Crippen LogP contribution >= 0.6 is 0 Å². The van der Waals surface area contributed by atoms with E-state index >= 15 is 0 Å². The Morgan fingerprint density at radius 1 is 0.958 bits per heavy atom. The molecule has 0 aliphatic rings. The fraction of sp³-hybridized carbons (Fsp3) is 0.211. The lowest BCUT2D eigenvalue weighted by Gasteiger charge is -2.13. The predicted molar refractivity (Wildman–Crippen MR) is 97.5 cm³/mol. The molecule has 2 heterocycles. The first-order valence-electron chi connectivity index (χ1n) is 7.94. The summed E-state index contributed by atoms with van der Waals surface area (Å²) in [5, 5.41) is 6.63. The summed E-state index contributed by atoms with van der Waals surface area (Å²) in [7, 11) is 0. The lowest BCUT2D eigenvalue weighted by molar-refractivity contribution is 0.982. The molecule has 0 saturated carbocycles. The zero-order chi connectivity index (χ0) is 16.9. The monoisotopic (exact) mass is 319 g/mol. The first-order chi connectivity index (χ1) is 11.6. The molecule has 5 heteroatoms. The molecule has 24 heavy (non-hydrogen) atoms. The van der Waals surface area contributed by atoms with Gasteiger partial charge in [-0.25, -0.2) is 4.98 Å². The number of hydrogen-bond donors (Lipinski definition) is 2. The number of benzene rings is 1. The van der Waals surface area contributed by atoms with Crippen LogP contribution in [0.4, 0.5) is 17.5 Å². The van der Waals surface area contributed by atoms with E-state index in [-0.39, 0.29) is 0 Å². The van der Waals surface area contributed by atoms with Crippen molar-refractivity contribution < 1.29 is 0 Å². The molecule has 0 bridgehead atoms. The Morgan fingerprint density at radius 3 is 2.58 bits per heavy atom. The highest BCUT2D eigenvalue weighted by molar-refractivity contribution is 5.61. The zero-order valence-corrected chi connectivity index (χ0v) is 14.2. The van der Waals surface area contributed by atoms with Crippen LogP contribution in [0.5, 0.6) is 0 Å². The summed E-state index contributed by atoms with van der Waals surface area (Å²) in [6.45, 7) is 6.68. The second kappa shape index (κ2) is 7.08. The molecule has 0 amide bonds. The van der Waals surface area contributed by atoms with Gasteiger partial charge in [0.2, 0.25) is 5.95 Å². The van der Waals surface area contributed by atoms with Crippen LogP contribution in [0.25, 0.3) is 0 Å². The smallest absolute Gasteiger partial charge is 0.225 e. The maximum absolute atomic E-state index is 4.61. The predicted octanol–water partition coefficient (Wildman–Crippen LogP) is 4.15. The van der Waals surface area contributed by atoms with Crippen molar-refractivity contribution >= 4 is 17.5 Å². The Hall–Kier alpha value is -2.95. The van der Waals surface area contributed by atoms with Crippen LogP contribution in [0.3, 0.4) is 0 Å². The summed E-state index contributed by atoms with van der Waals surface area (Å²) in [4.78, 5) is 13.4. The number of rotatable bonds is 5. The van der Waals surface area contributed by atoms with Crippen molar-refractivity contribution in [2.75, 3.05) is 10.6 Å². The van der Waals surface area contributed by atoms with E-state index in [4.69, 9.17) is 0 Å². The third kappa shape index (κ3) is 3.87. The molecule has 0 atom stereocenters. The fourth-order valence-electron chi connectivity index (χ4n) is 2.36. The average molecular weight is 319 g/mol. The Bertz CT molecular complexity index is 830. The third-order valence-electron chi connectivity index (χ3n) is 3.82. The number of aryl methyl sites for hydroxylation is 2. The minimum Gasteiger partial charge on any atom is -0.349 e. The summed E-state index contributed by atoms with van der Waals surface area (Å²) in [6, 6.07) is 14.1. The van der Waals surface area contributed by atoms with Crippen molar-refractivity contribution in [3.63, 3.8) is 0 Å². The molecule has 1 aromatic carbocycles. The van der Waals surface area contributed by atoms with Gasteiger partial charge in [-0.05, 0) is 50.6 Å². The van der Waals surface area contributed by atoms with Gasteiger partial charge in [-0.3, -0.25) is 4.98 Å². The summed E-state index contributed by atoms with van der Waals surface area (Å²) in [5.41, 5.74) is 5.17. The highest BCUT2D eigenvalue weighted by atomic mass is 15.1. The average Bonchev–Trinajstić information content (AvgIpc) is 2.58. The van der Waals surface area contributed by atoms with Crippen LogP contribution in [-0.2, 0) is 6.54 Å². The van der Waals surface area contributed by atoms with Crippen LogP contribution in [0.15, 0.2) is 48.7 Å². The van der Waals surface area contributed by atoms with Crippen LogP contribution in [0, 0.1) is 20.8 Å². The molecule has 3 rings (SSSR count). The SMILES string of the molecule is Cc1cccc(Nc2nc(NCc3ccccn3)nc(C)c2C)c1. The maximum atomic E-state index is 4.61. The number of hydrogen-bond acceptors (Lipinski definition) is 5. The first-order valence-corrected chi connectivity index (χ1v) is 7.94. The summed E-state index contributed by atoms with van der Waals surface area (Å²) in [6.07, 6.45) is 1.78. The van der Waals surface area contributed by atoms with Gasteiger partial charge < -0.3 is 10.6 Å². The Balaban J connectivity index is 1.80. The van der Waals surface area contributed by atoms with Crippen molar-refractivity contribution in [3.8, 4) is 0 Å². The van der Waals surface area contributed by atoms with Crippen molar-refractivity contribution in [1.29, 1.82) is 0 Å². The molecule has 0 unspecified atom stereocenters. The topological polar surface area (TPSA) is 62.7 Å².